The van der Waals surface area contributed by atoms with E-state index < -0.39 is 0 Å². The Kier molecular flexibility index (Phi) is 3.00. The van der Waals surface area contributed by atoms with E-state index in [0.29, 0.717) is 6.54 Å². The van der Waals surface area contributed by atoms with E-state index in [2.05, 4.69) is 14.7 Å². The van der Waals surface area contributed by atoms with Crippen LogP contribution in [0.25, 0.3) is 0 Å². The first-order valence-corrected chi connectivity index (χ1v) is 6.05. The van der Waals surface area contributed by atoms with E-state index in [1.54, 1.807) is 11.3 Å². The summed E-state index contributed by atoms with van der Waals surface area (Å²) >= 11 is 8.95. The topological polar surface area (TPSA) is 37.8 Å². The Morgan fingerprint density at radius 2 is 2.43 bits per heavy atom. The molecule has 0 bridgehead atoms. The summed E-state index contributed by atoms with van der Waals surface area (Å²) in [6.07, 6.45) is 0. The minimum absolute atomic E-state index is 0.713. The van der Waals surface area contributed by atoms with Crippen molar-refractivity contribution < 1.29 is 0 Å². The highest BCUT2D eigenvalue weighted by Gasteiger charge is 2.03. The highest BCUT2D eigenvalue weighted by Crippen LogP contribution is 2.23. The fraction of sp³-hybridized carbons (Fsp3) is 0.250. The maximum absolute atomic E-state index is 5.95. The van der Waals surface area contributed by atoms with Crippen LogP contribution in [-0.4, -0.2) is 9.36 Å². The fourth-order valence-corrected chi connectivity index (χ4v) is 2.59. The SMILES string of the molecule is Cc1nsc(NCc2sccc2Cl)n1. The molecule has 0 amide bonds. The molecule has 0 aliphatic carbocycles. The molecule has 0 aromatic carbocycles. The summed E-state index contributed by atoms with van der Waals surface area (Å²) in [7, 11) is 0. The number of anilines is 1. The number of hydrogen-bond acceptors (Lipinski definition) is 5. The highest BCUT2D eigenvalue weighted by atomic mass is 35.5. The lowest BCUT2D eigenvalue weighted by atomic mass is 10.5. The average Bonchev–Trinajstić information content (AvgIpc) is 2.72. The van der Waals surface area contributed by atoms with Crippen molar-refractivity contribution in [3.8, 4) is 0 Å². The molecule has 0 saturated carbocycles. The number of thiophene rings is 1. The zero-order chi connectivity index (χ0) is 9.97. The predicted octanol–water partition coefficient (Wildman–Crippen LogP) is 3.17. The molecule has 0 spiro atoms. The van der Waals surface area contributed by atoms with Gasteiger partial charge in [0.15, 0.2) is 0 Å². The predicted molar refractivity (Wildman–Crippen MR) is 61.3 cm³/mol. The number of nitrogens with zero attached hydrogens (tertiary/aromatic N) is 2. The van der Waals surface area contributed by atoms with E-state index in [0.717, 1.165) is 20.9 Å². The molecule has 0 saturated heterocycles. The van der Waals surface area contributed by atoms with Crippen LogP contribution in [0.3, 0.4) is 0 Å². The molecule has 14 heavy (non-hydrogen) atoms. The van der Waals surface area contributed by atoms with Crippen molar-refractivity contribution in [1.82, 2.24) is 9.36 Å². The number of rotatable bonds is 3. The van der Waals surface area contributed by atoms with E-state index >= 15 is 0 Å². The summed E-state index contributed by atoms with van der Waals surface area (Å²) in [4.78, 5) is 5.32. The van der Waals surface area contributed by atoms with Crippen molar-refractivity contribution in [1.29, 1.82) is 0 Å². The number of aryl methyl sites for hydroxylation is 1. The van der Waals surface area contributed by atoms with Crippen LogP contribution in [0.15, 0.2) is 11.4 Å². The Labute approximate surface area is 94.9 Å². The second-order valence-electron chi connectivity index (χ2n) is 2.69. The number of nitrogens with one attached hydrogen (secondary N) is 1. The molecule has 3 nitrogen and oxygen atoms in total. The van der Waals surface area contributed by atoms with E-state index in [4.69, 9.17) is 11.6 Å². The standard InChI is InChI=1S/C8H8ClN3S2/c1-5-11-8(14-12-5)10-4-7-6(9)2-3-13-7/h2-3H,4H2,1H3,(H,10,11,12). The quantitative estimate of drug-likeness (QED) is 0.903. The third-order valence-corrected chi connectivity index (χ3v) is 3.77. The van der Waals surface area contributed by atoms with Crippen LogP contribution in [0.5, 0.6) is 0 Å². The molecule has 0 atom stereocenters. The average molecular weight is 246 g/mol. The van der Waals surface area contributed by atoms with Crippen molar-refractivity contribution in [3.63, 3.8) is 0 Å². The van der Waals surface area contributed by atoms with Gasteiger partial charge in [0.05, 0.1) is 11.6 Å². The van der Waals surface area contributed by atoms with Crippen LogP contribution >= 0.6 is 34.5 Å². The first kappa shape index (κ1) is 9.89. The van der Waals surface area contributed by atoms with Gasteiger partial charge in [-0.2, -0.15) is 4.37 Å². The zero-order valence-electron chi connectivity index (χ0n) is 7.45. The largest absolute Gasteiger partial charge is 0.355 e. The van der Waals surface area contributed by atoms with E-state index in [1.807, 2.05) is 18.4 Å². The lowest BCUT2D eigenvalue weighted by Crippen LogP contribution is -1.97. The van der Waals surface area contributed by atoms with Crippen molar-refractivity contribution in [2.24, 2.45) is 0 Å². The molecule has 74 valence electrons. The molecular formula is C8H8ClN3S2. The van der Waals surface area contributed by atoms with E-state index in [9.17, 15) is 0 Å². The van der Waals surface area contributed by atoms with Gasteiger partial charge in [0.1, 0.15) is 5.82 Å². The third kappa shape index (κ3) is 2.23. The summed E-state index contributed by atoms with van der Waals surface area (Å²) in [5.41, 5.74) is 0. The lowest BCUT2D eigenvalue weighted by Gasteiger charge is -1.98. The van der Waals surface area contributed by atoms with Crippen LogP contribution in [0.4, 0.5) is 5.13 Å². The Hall–Kier alpha value is -0.650. The lowest BCUT2D eigenvalue weighted by molar-refractivity contribution is 1.12. The van der Waals surface area contributed by atoms with Gasteiger partial charge in [0.25, 0.3) is 0 Å². The molecule has 0 aliphatic rings. The van der Waals surface area contributed by atoms with Crippen LogP contribution in [0.2, 0.25) is 5.02 Å². The maximum Gasteiger partial charge on any atom is 0.202 e. The molecule has 1 N–H and O–H groups in total. The van der Waals surface area contributed by atoms with Crippen molar-refractivity contribution in [3.05, 3.63) is 27.2 Å². The van der Waals surface area contributed by atoms with Crippen LogP contribution in [-0.2, 0) is 6.54 Å². The molecular weight excluding hydrogens is 238 g/mol. The Morgan fingerprint density at radius 1 is 1.57 bits per heavy atom. The van der Waals surface area contributed by atoms with Gasteiger partial charge in [0.2, 0.25) is 5.13 Å². The highest BCUT2D eigenvalue weighted by molar-refractivity contribution is 7.10. The smallest absolute Gasteiger partial charge is 0.202 e. The second kappa shape index (κ2) is 4.25. The fourth-order valence-electron chi connectivity index (χ4n) is 0.976. The van der Waals surface area contributed by atoms with Gasteiger partial charge in [0, 0.05) is 16.4 Å². The molecule has 2 rings (SSSR count). The van der Waals surface area contributed by atoms with Crippen molar-refractivity contribution >= 4 is 39.6 Å². The molecule has 0 aliphatic heterocycles. The molecule has 0 unspecified atom stereocenters. The Bertz CT molecular complexity index is 424. The van der Waals surface area contributed by atoms with Gasteiger partial charge >= 0.3 is 0 Å². The van der Waals surface area contributed by atoms with Crippen LogP contribution in [0, 0.1) is 6.92 Å². The van der Waals surface area contributed by atoms with Gasteiger partial charge in [-0.25, -0.2) is 4.98 Å². The van der Waals surface area contributed by atoms with E-state index in [-0.39, 0.29) is 0 Å². The normalized spacial score (nSPS) is 10.4. The third-order valence-electron chi connectivity index (χ3n) is 1.62. The molecule has 2 aromatic rings. The summed E-state index contributed by atoms with van der Waals surface area (Å²) in [6, 6.07) is 1.90. The summed E-state index contributed by atoms with van der Waals surface area (Å²) in [5.74, 6) is 0.801. The Morgan fingerprint density at radius 3 is 3.00 bits per heavy atom. The summed E-state index contributed by atoms with van der Waals surface area (Å²) in [6.45, 7) is 2.59. The van der Waals surface area contributed by atoms with Gasteiger partial charge in [-0.05, 0) is 18.4 Å². The van der Waals surface area contributed by atoms with Gasteiger partial charge < -0.3 is 5.32 Å². The second-order valence-corrected chi connectivity index (χ2v) is 4.85. The van der Waals surface area contributed by atoms with Crippen LogP contribution < -0.4 is 5.32 Å². The molecule has 2 aromatic heterocycles. The zero-order valence-corrected chi connectivity index (χ0v) is 9.84. The van der Waals surface area contributed by atoms with Crippen molar-refractivity contribution in [2.75, 3.05) is 5.32 Å². The number of hydrogen-bond donors (Lipinski definition) is 1. The molecule has 2 heterocycles. The number of aromatic nitrogens is 2. The monoisotopic (exact) mass is 245 g/mol. The van der Waals surface area contributed by atoms with E-state index in [1.165, 1.54) is 11.5 Å². The van der Waals surface area contributed by atoms with Gasteiger partial charge in [-0.15, -0.1) is 11.3 Å². The minimum atomic E-state index is 0.713. The molecule has 0 fully saturated rings. The summed E-state index contributed by atoms with van der Waals surface area (Å²) in [5, 5.41) is 6.81. The first-order valence-electron chi connectivity index (χ1n) is 4.02. The minimum Gasteiger partial charge on any atom is -0.355 e. The van der Waals surface area contributed by atoms with Crippen LogP contribution in [0.1, 0.15) is 10.7 Å². The van der Waals surface area contributed by atoms with Crippen molar-refractivity contribution in [2.45, 2.75) is 13.5 Å². The Balaban J connectivity index is 1.98. The van der Waals surface area contributed by atoms with Gasteiger partial charge in [-0.3, -0.25) is 0 Å². The molecule has 0 radical (unpaired) electrons. The first-order chi connectivity index (χ1) is 6.75. The number of halogens is 1. The van der Waals surface area contributed by atoms with Gasteiger partial charge in [-0.1, -0.05) is 11.6 Å². The molecule has 6 heteroatoms. The summed E-state index contributed by atoms with van der Waals surface area (Å²) < 4.78 is 4.08. The maximum atomic E-state index is 5.95.